The Morgan fingerprint density at radius 2 is 1.83 bits per heavy atom. The molecule has 14 nitrogen and oxygen atoms in total. The first-order valence-corrected chi connectivity index (χ1v) is 20.9. The van der Waals surface area contributed by atoms with E-state index in [4.69, 9.17) is 0 Å². The molecule has 0 saturated carbocycles. The number of hydrogen-bond donors (Lipinski definition) is 6. The number of H-pyrrole nitrogens is 1. The molecule has 16 heteroatoms. The van der Waals surface area contributed by atoms with E-state index in [1.165, 1.54) is 23.1 Å². The van der Waals surface area contributed by atoms with Crippen LogP contribution in [0.4, 0.5) is 10.1 Å². The van der Waals surface area contributed by atoms with Crippen LogP contribution in [0.3, 0.4) is 0 Å². The van der Waals surface area contributed by atoms with Crippen LogP contribution >= 0.6 is 11.3 Å². The number of anilines is 1. The van der Waals surface area contributed by atoms with E-state index < -0.39 is 41.2 Å². The van der Waals surface area contributed by atoms with Crippen molar-refractivity contribution in [2.24, 2.45) is 5.41 Å². The smallest absolute Gasteiger partial charge is 0.256 e. The summed E-state index contributed by atoms with van der Waals surface area (Å²) in [6, 6.07) is 10.0. The Balaban J connectivity index is 1.03. The second-order valence-corrected chi connectivity index (χ2v) is 17.3. The molecule has 1 fully saturated rings. The van der Waals surface area contributed by atoms with Crippen molar-refractivity contribution in [3.05, 3.63) is 93.1 Å². The Bertz CT molecular complexity index is 2310. The summed E-state index contributed by atoms with van der Waals surface area (Å²) in [6.45, 7) is 14.0. The number of carbonyl (C=O) groups is 5. The van der Waals surface area contributed by atoms with Crippen LogP contribution in [0.1, 0.15) is 78.2 Å². The Labute approximate surface area is 353 Å². The molecular formula is C44H53FN8O6S. The van der Waals surface area contributed by atoms with Crippen LogP contribution < -0.4 is 21.3 Å². The van der Waals surface area contributed by atoms with Crippen molar-refractivity contribution in [3.8, 4) is 10.4 Å². The van der Waals surface area contributed by atoms with E-state index in [1.54, 1.807) is 36.8 Å². The fourth-order valence-electron chi connectivity index (χ4n) is 7.66. The zero-order chi connectivity index (χ0) is 43.5. The van der Waals surface area contributed by atoms with Gasteiger partial charge in [0.1, 0.15) is 17.9 Å². The van der Waals surface area contributed by atoms with Gasteiger partial charge < -0.3 is 36.3 Å². The lowest BCUT2D eigenvalue weighted by atomic mass is 9.85. The third-order valence-electron chi connectivity index (χ3n) is 11.0. The van der Waals surface area contributed by atoms with Gasteiger partial charge in [-0.2, -0.15) is 0 Å². The maximum absolute atomic E-state index is 14.1. The molecular weight excluding hydrogens is 788 g/mol. The molecule has 2 aromatic carbocycles. The third-order valence-corrected chi connectivity index (χ3v) is 12.0. The summed E-state index contributed by atoms with van der Waals surface area (Å²) < 4.78 is 14.0. The Hall–Kier alpha value is -5.71. The average molecular weight is 841 g/mol. The predicted molar refractivity (Wildman–Crippen MR) is 229 cm³/mol. The monoisotopic (exact) mass is 840 g/mol. The van der Waals surface area contributed by atoms with Crippen molar-refractivity contribution < 1.29 is 33.5 Å². The summed E-state index contributed by atoms with van der Waals surface area (Å²) in [5.74, 6) is -2.41. The summed E-state index contributed by atoms with van der Waals surface area (Å²) in [5, 5.41) is 22.1. The quantitative estimate of drug-likeness (QED) is 0.0998. The minimum Gasteiger partial charge on any atom is -0.391 e. The molecule has 0 aliphatic carbocycles. The molecule has 60 heavy (non-hydrogen) atoms. The first-order chi connectivity index (χ1) is 28.4. The van der Waals surface area contributed by atoms with Crippen LogP contribution in [0.5, 0.6) is 0 Å². The molecule has 4 aromatic rings. The zero-order valence-corrected chi connectivity index (χ0v) is 35.8. The number of fused-ring (bicyclic) bond motifs is 1. The number of halogens is 1. The number of hydrogen-bond acceptors (Lipinski definition) is 9. The van der Waals surface area contributed by atoms with Gasteiger partial charge in [0, 0.05) is 55.2 Å². The minimum absolute atomic E-state index is 0.0364. The van der Waals surface area contributed by atoms with E-state index in [9.17, 15) is 33.5 Å². The van der Waals surface area contributed by atoms with Gasteiger partial charge in [0.05, 0.1) is 39.9 Å². The fraction of sp³-hybridized carbons (Fsp3) is 0.409. The van der Waals surface area contributed by atoms with Crippen molar-refractivity contribution in [2.75, 3.05) is 38.0 Å². The number of likely N-dealkylation sites (tertiary alicyclic amines) is 1. The van der Waals surface area contributed by atoms with Crippen molar-refractivity contribution in [3.63, 3.8) is 0 Å². The second-order valence-electron chi connectivity index (χ2n) is 16.4. The molecule has 6 rings (SSSR count). The molecule has 5 amide bonds. The van der Waals surface area contributed by atoms with Crippen LogP contribution in [0.15, 0.2) is 48.0 Å². The number of thiazole rings is 1. The lowest BCUT2D eigenvalue weighted by Gasteiger charge is -2.35. The number of aromatic nitrogens is 2. The molecule has 318 valence electrons. The Morgan fingerprint density at radius 3 is 2.50 bits per heavy atom. The minimum atomic E-state index is -0.988. The van der Waals surface area contributed by atoms with Gasteiger partial charge in [-0.1, -0.05) is 52.0 Å². The lowest BCUT2D eigenvalue weighted by molar-refractivity contribution is -0.144. The Kier molecular flexibility index (Phi) is 13.4. The first kappa shape index (κ1) is 43.9. The highest BCUT2D eigenvalue weighted by atomic mass is 32.1. The SMILES string of the molecule is CCN(CCNC(=O)c1c(C)[nH]c(/C=C2\C(=O)Nc3ccc(F)cc32)c1C)CC(=O)N[C@H](C(=O)N1C[C@H](O)C[C@H]1C(=O)NCc1ccc(-c2scnc2C)cc1)C(C)(C)C. The van der Waals surface area contributed by atoms with Crippen molar-refractivity contribution >= 4 is 58.2 Å². The fourth-order valence-corrected chi connectivity index (χ4v) is 8.47. The summed E-state index contributed by atoms with van der Waals surface area (Å²) in [6.07, 6.45) is 0.795. The maximum atomic E-state index is 14.1. The van der Waals surface area contributed by atoms with Crippen LogP contribution in [-0.4, -0.2) is 105 Å². The molecule has 2 aromatic heterocycles. The number of benzene rings is 2. The van der Waals surface area contributed by atoms with E-state index in [0.29, 0.717) is 46.9 Å². The number of aliphatic hydroxyl groups is 1. The number of nitrogens with one attached hydrogen (secondary N) is 5. The highest BCUT2D eigenvalue weighted by Gasteiger charge is 2.44. The highest BCUT2D eigenvalue weighted by Crippen LogP contribution is 2.35. The largest absolute Gasteiger partial charge is 0.391 e. The number of aliphatic hydroxyl groups excluding tert-OH is 1. The number of β-amino-alcohol motifs (C(OH)–C–C–N with tert-alkyl or cyclic N) is 1. The maximum Gasteiger partial charge on any atom is 0.256 e. The van der Waals surface area contributed by atoms with E-state index >= 15 is 0 Å². The van der Waals surface area contributed by atoms with Crippen LogP contribution in [0, 0.1) is 32.0 Å². The average Bonchev–Trinajstić information content (AvgIpc) is 3.96. The summed E-state index contributed by atoms with van der Waals surface area (Å²) in [7, 11) is 0. The van der Waals surface area contributed by atoms with E-state index in [0.717, 1.165) is 21.7 Å². The molecule has 1 saturated heterocycles. The van der Waals surface area contributed by atoms with Gasteiger partial charge >= 0.3 is 0 Å². The number of carbonyl (C=O) groups excluding carboxylic acids is 5. The van der Waals surface area contributed by atoms with E-state index in [2.05, 4.69) is 31.2 Å². The second kappa shape index (κ2) is 18.3. The highest BCUT2D eigenvalue weighted by molar-refractivity contribution is 7.13. The topological polar surface area (TPSA) is 189 Å². The molecule has 6 N–H and O–H groups in total. The Morgan fingerprint density at radius 1 is 1.10 bits per heavy atom. The first-order valence-electron chi connectivity index (χ1n) is 20.0. The lowest BCUT2D eigenvalue weighted by Crippen LogP contribution is -2.58. The summed E-state index contributed by atoms with van der Waals surface area (Å²) >= 11 is 1.56. The standard InChI is InChI=1S/C44H53FN8O6S/c1-8-52(16-15-46-42(58)37-24(2)34(49-25(37)3)19-32-31-17-29(45)13-14-33(31)50-40(32)56)22-36(55)51-39(44(5,6)7)43(59)53-21-30(54)18-35(53)41(57)47-20-27-9-11-28(12-10-27)38-26(4)48-23-60-38/h9-14,17,19,23,30,35,39,49,54H,8,15-16,18,20-22H2,1-7H3,(H,46,58)(H,47,57)(H,50,56)(H,51,55)/b32-19-/t30-,35+,39-/m1/s1. The third kappa shape index (κ3) is 9.83. The summed E-state index contributed by atoms with van der Waals surface area (Å²) in [5.41, 5.74) is 7.37. The van der Waals surface area contributed by atoms with Crippen LogP contribution in [0.2, 0.25) is 0 Å². The van der Waals surface area contributed by atoms with Gasteiger partial charge in [0.15, 0.2) is 0 Å². The molecule has 0 bridgehead atoms. The molecule has 4 heterocycles. The number of amides is 5. The van der Waals surface area contributed by atoms with Gasteiger partial charge in [-0.05, 0) is 73.7 Å². The number of likely N-dealkylation sites (N-methyl/N-ethyl adjacent to an activating group) is 1. The van der Waals surface area contributed by atoms with Crippen LogP contribution in [-0.2, 0) is 25.7 Å². The molecule has 2 aliphatic rings. The molecule has 0 spiro atoms. The van der Waals surface area contributed by atoms with Gasteiger partial charge in [0.25, 0.3) is 11.8 Å². The van der Waals surface area contributed by atoms with Crippen LogP contribution in [0.25, 0.3) is 22.1 Å². The van der Waals surface area contributed by atoms with Gasteiger partial charge in [-0.15, -0.1) is 11.3 Å². The molecule has 3 atom stereocenters. The zero-order valence-electron chi connectivity index (χ0n) is 35.0. The predicted octanol–water partition coefficient (Wildman–Crippen LogP) is 4.56. The van der Waals surface area contributed by atoms with Gasteiger partial charge in [0.2, 0.25) is 17.7 Å². The normalized spacial score (nSPS) is 17.5. The molecule has 2 aliphatic heterocycles. The molecule has 0 radical (unpaired) electrons. The van der Waals surface area contributed by atoms with Crippen molar-refractivity contribution in [1.29, 1.82) is 0 Å². The summed E-state index contributed by atoms with van der Waals surface area (Å²) in [4.78, 5) is 79.0. The number of rotatable bonds is 14. The number of nitrogens with zero attached hydrogens (tertiary/aromatic N) is 3. The van der Waals surface area contributed by atoms with Gasteiger partial charge in [-0.3, -0.25) is 28.9 Å². The molecule has 0 unspecified atom stereocenters. The number of aryl methyl sites for hydroxylation is 2. The van der Waals surface area contributed by atoms with E-state index in [-0.39, 0.29) is 55.9 Å². The van der Waals surface area contributed by atoms with Crippen molar-refractivity contribution in [1.82, 2.24) is 35.7 Å². The van der Waals surface area contributed by atoms with Crippen molar-refractivity contribution in [2.45, 2.75) is 79.6 Å². The number of aromatic amines is 1. The van der Waals surface area contributed by atoms with Gasteiger partial charge in [-0.25, -0.2) is 9.37 Å². The van der Waals surface area contributed by atoms with E-state index in [1.807, 2.05) is 63.8 Å².